The predicted octanol–water partition coefficient (Wildman–Crippen LogP) is -0.346. The number of aromatic nitrogens is 2. The molecule has 126 valence electrons. The highest BCUT2D eigenvalue weighted by molar-refractivity contribution is 5.94. The fourth-order valence-electron chi connectivity index (χ4n) is 1.83. The number of amides is 3. The van der Waals surface area contributed by atoms with Crippen LogP contribution in [-0.2, 0) is 20.8 Å². The van der Waals surface area contributed by atoms with Crippen molar-refractivity contribution in [1.29, 1.82) is 0 Å². The van der Waals surface area contributed by atoms with E-state index in [2.05, 4.69) is 32.5 Å². The maximum atomic E-state index is 12.2. The number of nitrogens with one attached hydrogen (secondary N) is 4. The van der Waals surface area contributed by atoms with Crippen molar-refractivity contribution in [2.45, 2.75) is 38.8 Å². The van der Waals surface area contributed by atoms with E-state index in [1.807, 2.05) is 6.92 Å². The van der Waals surface area contributed by atoms with Gasteiger partial charge in [0.2, 0.25) is 17.7 Å². The van der Waals surface area contributed by atoms with Gasteiger partial charge in [0.1, 0.15) is 12.1 Å². The van der Waals surface area contributed by atoms with Crippen molar-refractivity contribution in [3.05, 3.63) is 30.9 Å². The molecular weight excluding hydrogens is 298 g/mol. The highest BCUT2D eigenvalue weighted by atomic mass is 16.2. The fraction of sp³-hybridized carbons (Fsp3) is 0.467. The molecule has 8 heteroatoms. The molecule has 3 amide bonds. The summed E-state index contributed by atoms with van der Waals surface area (Å²) in [6, 6.07) is -1.53. The lowest BCUT2D eigenvalue weighted by molar-refractivity contribution is -0.131. The van der Waals surface area contributed by atoms with Gasteiger partial charge in [-0.3, -0.25) is 14.4 Å². The first-order chi connectivity index (χ1) is 11.0. The summed E-state index contributed by atoms with van der Waals surface area (Å²) in [6.07, 6.45) is 5.26. The first kappa shape index (κ1) is 18.4. The molecule has 4 N–H and O–H groups in total. The minimum atomic E-state index is -0.774. The van der Waals surface area contributed by atoms with Gasteiger partial charge in [0.25, 0.3) is 0 Å². The zero-order valence-corrected chi connectivity index (χ0v) is 13.4. The van der Waals surface area contributed by atoms with Crippen molar-refractivity contribution in [3.8, 4) is 0 Å². The summed E-state index contributed by atoms with van der Waals surface area (Å²) in [5.41, 5.74) is 0.727. The molecule has 0 saturated carbocycles. The molecule has 0 radical (unpaired) electrons. The van der Waals surface area contributed by atoms with Gasteiger partial charge in [-0.1, -0.05) is 13.5 Å². The third-order valence-corrected chi connectivity index (χ3v) is 3.10. The molecular formula is C15H23N5O3. The highest BCUT2D eigenvalue weighted by Gasteiger charge is 2.24. The Bertz CT molecular complexity index is 541. The molecule has 0 spiro atoms. The third-order valence-electron chi connectivity index (χ3n) is 3.10. The molecule has 0 unspecified atom stereocenters. The number of aromatic amines is 1. The van der Waals surface area contributed by atoms with Crippen molar-refractivity contribution in [2.75, 3.05) is 6.54 Å². The second-order valence-electron chi connectivity index (χ2n) is 5.07. The van der Waals surface area contributed by atoms with Crippen LogP contribution in [-0.4, -0.2) is 46.3 Å². The summed E-state index contributed by atoms with van der Waals surface area (Å²) in [4.78, 5) is 42.4. The summed E-state index contributed by atoms with van der Waals surface area (Å²) in [7, 11) is 0. The van der Waals surface area contributed by atoms with Gasteiger partial charge in [-0.2, -0.15) is 0 Å². The number of imidazole rings is 1. The van der Waals surface area contributed by atoms with Crippen LogP contribution >= 0.6 is 0 Å². The molecule has 8 nitrogen and oxygen atoms in total. The molecule has 1 rings (SSSR count). The highest BCUT2D eigenvalue weighted by Crippen LogP contribution is 2.00. The van der Waals surface area contributed by atoms with Gasteiger partial charge in [-0.15, -0.1) is 0 Å². The van der Waals surface area contributed by atoms with Crippen molar-refractivity contribution in [3.63, 3.8) is 0 Å². The van der Waals surface area contributed by atoms with Gasteiger partial charge in [-0.25, -0.2) is 4.98 Å². The van der Waals surface area contributed by atoms with Crippen LogP contribution < -0.4 is 16.0 Å². The molecule has 0 bridgehead atoms. The molecule has 1 aromatic rings. The summed E-state index contributed by atoms with van der Waals surface area (Å²) < 4.78 is 0. The van der Waals surface area contributed by atoms with Crippen molar-refractivity contribution >= 4 is 17.7 Å². The predicted molar refractivity (Wildman–Crippen MR) is 85.3 cm³/mol. The van der Waals surface area contributed by atoms with Gasteiger partial charge in [0.05, 0.1) is 6.33 Å². The molecule has 2 atom stereocenters. The van der Waals surface area contributed by atoms with E-state index >= 15 is 0 Å². The van der Waals surface area contributed by atoms with Crippen LogP contribution in [0.5, 0.6) is 0 Å². The van der Waals surface area contributed by atoms with Crippen LogP contribution in [0, 0.1) is 0 Å². The number of carbonyl (C=O) groups excluding carboxylic acids is 3. The first-order valence-electron chi connectivity index (χ1n) is 7.46. The first-order valence-corrected chi connectivity index (χ1v) is 7.46. The van der Waals surface area contributed by atoms with E-state index in [9.17, 15) is 14.4 Å². The van der Waals surface area contributed by atoms with Gasteiger partial charge in [-0.05, 0) is 19.4 Å². The van der Waals surface area contributed by atoms with Gasteiger partial charge in [0, 0.05) is 24.9 Å². The van der Waals surface area contributed by atoms with Gasteiger partial charge in [0.15, 0.2) is 0 Å². The Balaban J connectivity index is 2.70. The van der Waals surface area contributed by atoms with E-state index in [0.717, 1.165) is 18.2 Å². The number of hydrogen-bond acceptors (Lipinski definition) is 4. The van der Waals surface area contributed by atoms with Crippen molar-refractivity contribution < 1.29 is 14.4 Å². The number of rotatable bonds is 9. The Kier molecular flexibility index (Phi) is 7.52. The summed E-state index contributed by atoms with van der Waals surface area (Å²) >= 11 is 0. The summed E-state index contributed by atoms with van der Waals surface area (Å²) in [5, 5.41) is 7.85. The molecule has 0 aromatic carbocycles. The average molecular weight is 321 g/mol. The Morgan fingerprint density at radius 1 is 1.35 bits per heavy atom. The molecule has 23 heavy (non-hydrogen) atoms. The van der Waals surface area contributed by atoms with Crippen LogP contribution in [0.1, 0.15) is 26.0 Å². The van der Waals surface area contributed by atoms with Crippen molar-refractivity contribution in [1.82, 2.24) is 25.9 Å². The summed E-state index contributed by atoms with van der Waals surface area (Å²) in [6.45, 7) is 7.33. The monoisotopic (exact) mass is 321 g/mol. The molecule has 0 aliphatic carbocycles. The largest absolute Gasteiger partial charge is 0.354 e. The fourth-order valence-corrected chi connectivity index (χ4v) is 1.83. The Hall–Kier alpha value is -2.64. The second kappa shape index (κ2) is 9.39. The smallest absolute Gasteiger partial charge is 0.244 e. The number of hydrogen-bond donors (Lipinski definition) is 4. The molecule has 1 aromatic heterocycles. The van der Waals surface area contributed by atoms with Gasteiger partial charge >= 0.3 is 0 Å². The standard InChI is InChI=1S/C15H23N5O3/c1-4-6-17-15(23)12(7-11-8-16-9-18-11)20-14(22)10(3)19-13(21)5-2/h5,8-10,12H,2,4,6-7H2,1,3H3,(H,16,18)(H,17,23)(H,19,21)(H,20,22)/t10-,12-/m0/s1. The zero-order valence-electron chi connectivity index (χ0n) is 13.4. The topological polar surface area (TPSA) is 116 Å². The van der Waals surface area contributed by atoms with Crippen LogP contribution in [0.4, 0.5) is 0 Å². The van der Waals surface area contributed by atoms with E-state index < -0.39 is 23.9 Å². The van der Waals surface area contributed by atoms with Crippen LogP contribution in [0.15, 0.2) is 25.2 Å². The minimum Gasteiger partial charge on any atom is -0.354 e. The number of H-pyrrole nitrogens is 1. The van der Waals surface area contributed by atoms with E-state index in [4.69, 9.17) is 0 Å². The Labute approximate surface area is 135 Å². The lowest BCUT2D eigenvalue weighted by atomic mass is 10.1. The van der Waals surface area contributed by atoms with E-state index in [1.165, 1.54) is 13.3 Å². The molecule has 1 heterocycles. The zero-order chi connectivity index (χ0) is 17.2. The van der Waals surface area contributed by atoms with Gasteiger partial charge < -0.3 is 20.9 Å². The van der Waals surface area contributed by atoms with E-state index in [1.54, 1.807) is 6.20 Å². The number of carbonyl (C=O) groups is 3. The average Bonchev–Trinajstić information content (AvgIpc) is 3.04. The van der Waals surface area contributed by atoms with Crippen molar-refractivity contribution in [2.24, 2.45) is 0 Å². The molecule has 0 aliphatic heterocycles. The Morgan fingerprint density at radius 3 is 2.65 bits per heavy atom. The second-order valence-corrected chi connectivity index (χ2v) is 5.07. The Morgan fingerprint density at radius 2 is 2.09 bits per heavy atom. The lowest BCUT2D eigenvalue weighted by Gasteiger charge is -2.20. The van der Waals surface area contributed by atoms with Crippen LogP contribution in [0.3, 0.4) is 0 Å². The minimum absolute atomic E-state index is 0.281. The lowest BCUT2D eigenvalue weighted by Crippen LogP contribution is -2.53. The molecule has 0 aliphatic rings. The third kappa shape index (κ3) is 6.33. The maximum Gasteiger partial charge on any atom is 0.244 e. The van der Waals surface area contributed by atoms with E-state index in [0.29, 0.717) is 6.54 Å². The van der Waals surface area contributed by atoms with Crippen LogP contribution in [0.25, 0.3) is 0 Å². The van der Waals surface area contributed by atoms with E-state index in [-0.39, 0.29) is 12.3 Å². The SMILES string of the molecule is C=CC(=O)N[C@@H](C)C(=O)N[C@@H](Cc1cnc[nH]1)C(=O)NCCC. The van der Waals surface area contributed by atoms with Crippen LogP contribution in [0.2, 0.25) is 0 Å². The molecule has 0 fully saturated rings. The molecule has 0 saturated heterocycles. The normalized spacial score (nSPS) is 12.8. The summed E-state index contributed by atoms with van der Waals surface area (Å²) in [5.74, 6) is -1.18. The maximum absolute atomic E-state index is 12.2. The number of nitrogens with zero attached hydrogens (tertiary/aromatic N) is 1. The quantitative estimate of drug-likeness (QED) is 0.465.